The molecule has 2 aromatic rings. The predicted octanol–water partition coefficient (Wildman–Crippen LogP) is 3.79. The minimum Gasteiger partial charge on any atom is -0.496 e. The molecule has 0 unspecified atom stereocenters. The van der Waals surface area contributed by atoms with Gasteiger partial charge in [0.1, 0.15) is 23.0 Å². The number of ether oxygens (including phenoxy) is 3. The molecule has 2 aromatic carbocycles. The van der Waals surface area contributed by atoms with Gasteiger partial charge in [-0.2, -0.15) is 0 Å². The van der Waals surface area contributed by atoms with Crippen LogP contribution in [0.1, 0.15) is 19.4 Å². The van der Waals surface area contributed by atoms with Crippen LogP contribution in [-0.2, 0) is 11.3 Å². The Bertz CT molecular complexity index is 705. The minimum atomic E-state index is -0.828. The van der Waals surface area contributed by atoms with Gasteiger partial charge in [-0.25, -0.2) is 0 Å². The van der Waals surface area contributed by atoms with Gasteiger partial charge in [-0.1, -0.05) is 12.1 Å². The molecular formula is C20H25NO5. The minimum absolute atomic E-state index is 0.0134. The van der Waals surface area contributed by atoms with Gasteiger partial charge in [0.15, 0.2) is 0 Å². The maximum Gasteiger partial charge on any atom is 0.317 e. The second-order valence-corrected chi connectivity index (χ2v) is 6.19. The van der Waals surface area contributed by atoms with Crippen molar-refractivity contribution in [1.29, 1.82) is 0 Å². The number of hydrogen-bond donors (Lipinski definition) is 1. The van der Waals surface area contributed by atoms with E-state index in [1.807, 2.05) is 43.0 Å². The van der Waals surface area contributed by atoms with Crippen LogP contribution in [0.15, 0.2) is 42.5 Å². The number of methoxy groups -OCH3 is 2. The number of aliphatic carboxylic acids is 1. The summed E-state index contributed by atoms with van der Waals surface area (Å²) in [5.74, 6) is 1.77. The monoisotopic (exact) mass is 359 g/mol. The molecule has 0 radical (unpaired) electrons. The van der Waals surface area contributed by atoms with Crippen LogP contribution >= 0.6 is 0 Å². The van der Waals surface area contributed by atoms with Crippen LogP contribution < -0.4 is 14.2 Å². The van der Waals surface area contributed by atoms with Crippen LogP contribution in [0.4, 0.5) is 0 Å². The molecule has 0 bridgehead atoms. The third-order valence-corrected chi connectivity index (χ3v) is 3.94. The van der Waals surface area contributed by atoms with Gasteiger partial charge in [0.05, 0.1) is 20.8 Å². The number of carboxylic acid groups (broad SMARTS) is 1. The van der Waals surface area contributed by atoms with E-state index in [-0.39, 0.29) is 12.6 Å². The molecule has 140 valence electrons. The van der Waals surface area contributed by atoms with Gasteiger partial charge in [-0.05, 0) is 31.5 Å². The van der Waals surface area contributed by atoms with Crippen molar-refractivity contribution in [2.75, 3.05) is 20.8 Å². The first-order valence-corrected chi connectivity index (χ1v) is 8.37. The number of rotatable bonds is 9. The molecule has 0 saturated carbocycles. The number of carbonyl (C=O) groups is 1. The first-order chi connectivity index (χ1) is 12.4. The van der Waals surface area contributed by atoms with Gasteiger partial charge in [0.2, 0.25) is 0 Å². The Morgan fingerprint density at radius 3 is 1.96 bits per heavy atom. The zero-order chi connectivity index (χ0) is 19.1. The molecule has 0 aromatic heterocycles. The third-order valence-electron chi connectivity index (χ3n) is 3.94. The number of carboxylic acids is 1. The van der Waals surface area contributed by atoms with E-state index in [0.717, 1.165) is 5.56 Å². The smallest absolute Gasteiger partial charge is 0.317 e. The lowest BCUT2D eigenvalue weighted by molar-refractivity contribution is -0.138. The van der Waals surface area contributed by atoms with Gasteiger partial charge < -0.3 is 19.3 Å². The fourth-order valence-corrected chi connectivity index (χ4v) is 2.47. The van der Waals surface area contributed by atoms with E-state index in [1.165, 1.54) is 0 Å². The Kier molecular flexibility index (Phi) is 6.86. The van der Waals surface area contributed by atoms with E-state index >= 15 is 0 Å². The van der Waals surface area contributed by atoms with E-state index in [4.69, 9.17) is 19.3 Å². The average Bonchev–Trinajstić information content (AvgIpc) is 2.61. The molecule has 0 aliphatic rings. The quantitative estimate of drug-likeness (QED) is 0.735. The van der Waals surface area contributed by atoms with Crippen molar-refractivity contribution in [2.45, 2.75) is 26.4 Å². The van der Waals surface area contributed by atoms with E-state index in [0.29, 0.717) is 29.5 Å². The third kappa shape index (κ3) is 5.67. The Morgan fingerprint density at radius 2 is 1.50 bits per heavy atom. The molecule has 0 saturated heterocycles. The average molecular weight is 359 g/mol. The summed E-state index contributed by atoms with van der Waals surface area (Å²) in [5, 5.41) is 9.02. The van der Waals surface area contributed by atoms with Crippen molar-refractivity contribution in [3.8, 4) is 23.0 Å². The molecule has 6 heteroatoms. The van der Waals surface area contributed by atoms with Crippen LogP contribution in [0.2, 0.25) is 0 Å². The first-order valence-electron chi connectivity index (χ1n) is 8.37. The van der Waals surface area contributed by atoms with E-state index in [9.17, 15) is 4.79 Å². The van der Waals surface area contributed by atoms with Crippen LogP contribution in [0.25, 0.3) is 0 Å². The number of benzene rings is 2. The lowest BCUT2D eigenvalue weighted by Crippen LogP contribution is -2.35. The first kappa shape index (κ1) is 19.6. The van der Waals surface area contributed by atoms with Crippen LogP contribution in [0.3, 0.4) is 0 Å². The van der Waals surface area contributed by atoms with Crippen molar-refractivity contribution >= 4 is 5.97 Å². The van der Waals surface area contributed by atoms with Crippen LogP contribution in [-0.4, -0.2) is 42.8 Å². The Morgan fingerprint density at radius 1 is 0.962 bits per heavy atom. The Hall–Kier alpha value is -2.73. The second kappa shape index (κ2) is 9.10. The maximum atomic E-state index is 11.0. The zero-order valence-corrected chi connectivity index (χ0v) is 15.6. The molecule has 0 amide bonds. The fourth-order valence-electron chi connectivity index (χ4n) is 2.47. The molecule has 0 atom stereocenters. The van der Waals surface area contributed by atoms with Crippen molar-refractivity contribution < 1.29 is 24.1 Å². The van der Waals surface area contributed by atoms with E-state index < -0.39 is 5.97 Å². The van der Waals surface area contributed by atoms with Crippen molar-refractivity contribution in [2.24, 2.45) is 0 Å². The van der Waals surface area contributed by atoms with Crippen molar-refractivity contribution in [3.05, 3.63) is 48.0 Å². The van der Waals surface area contributed by atoms with Crippen molar-refractivity contribution in [1.82, 2.24) is 4.90 Å². The number of hydrogen-bond acceptors (Lipinski definition) is 5. The lowest BCUT2D eigenvalue weighted by Gasteiger charge is -2.24. The summed E-state index contributed by atoms with van der Waals surface area (Å²) in [7, 11) is 3.18. The summed E-state index contributed by atoms with van der Waals surface area (Å²) < 4.78 is 16.3. The largest absolute Gasteiger partial charge is 0.496 e. The molecule has 0 aliphatic carbocycles. The molecule has 0 heterocycles. The predicted molar refractivity (Wildman–Crippen MR) is 99.2 cm³/mol. The Labute approximate surface area is 153 Å². The Balaban J connectivity index is 2.08. The van der Waals surface area contributed by atoms with Crippen LogP contribution in [0.5, 0.6) is 23.0 Å². The fraction of sp³-hybridized carbons (Fsp3) is 0.350. The van der Waals surface area contributed by atoms with E-state index in [1.54, 1.807) is 32.4 Å². The molecule has 0 spiro atoms. The molecular weight excluding hydrogens is 334 g/mol. The second-order valence-electron chi connectivity index (χ2n) is 6.19. The zero-order valence-electron chi connectivity index (χ0n) is 15.6. The lowest BCUT2D eigenvalue weighted by atomic mass is 10.2. The summed E-state index contributed by atoms with van der Waals surface area (Å²) in [6.45, 7) is 4.55. The molecule has 26 heavy (non-hydrogen) atoms. The molecule has 2 rings (SSSR count). The summed E-state index contributed by atoms with van der Waals surface area (Å²) in [4.78, 5) is 12.9. The summed E-state index contributed by atoms with van der Waals surface area (Å²) >= 11 is 0. The molecule has 1 N–H and O–H groups in total. The summed E-state index contributed by atoms with van der Waals surface area (Å²) in [6, 6.07) is 13.1. The van der Waals surface area contributed by atoms with Gasteiger partial charge in [-0.15, -0.1) is 0 Å². The van der Waals surface area contributed by atoms with Gasteiger partial charge in [0, 0.05) is 30.8 Å². The van der Waals surface area contributed by atoms with Crippen molar-refractivity contribution in [3.63, 3.8) is 0 Å². The number of nitrogens with zero attached hydrogens (tertiary/aromatic N) is 1. The summed E-state index contributed by atoms with van der Waals surface area (Å²) in [5.41, 5.74) is 1.02. The van der Waals surface area contributed by atoms with Gasteiger partial charge >= 0.3 is 5.97 Å². The highest BCUT2D eigenvalue weighted by atomic mass is 16.5. The highest BCUT2D eigenvalue weighted by molar-refractivity contribution is 5.69. The summed E-state index contributed by atoms with van der Waals surface area (Å²) in [6.07, 6.45) is 0. The molecule has 0 fully saturated rings. The normalized spacial score (nSPS) is 10.8. The van der Waals surface area contributed by atoms with E-state index in [2.05, 4.69) is 0 Å². The molecule has 6 nitrogen and oxygen atoms in total. The maximum absolute atomic E-state index is 11.0. The highest BCUT2D eigenvalue weighted by Gasteiger charge is 2.14. The van der Waals surface area contributed by atoms with Crippen LogP contribution in [0, 0.1) is 0 Å². The standard InChI is InChI=1S/C20H25NO5/c1-14(2)21(13-20(22)23)12-15-5-7-16(8-6-15)26-19-10-17(24-3)9-18(11-19)25-4/h5-11,14H,12-13H2,1-4H3,(H,22,23). The van der Waals surface area contributed by atoms with Gasteiger partial charge in [-0.3, -0.25) is 9.69 Å². The topological polar surface area (TPSA) is 68.2 Å². The molecule has 0 aliphatic heterocycles. The SMILES string of the molecule is COc1cc(OC)cc(Oc2ccc(CN(CC(=O)O)C(C)C)cc2)c1. The van der Waals surface area contributed by atoms with Gasteiger partial charge in [0.25, 0.3) is 0 Å². The highest BCUT2D eigenvalue weighted by Crippen LogP contribution is 2.31.